The maximum atomic E-state index is 11.7. The van der Waals surface area contributed by atoms with Gasteiger partial charge in [0, 0.05) is 31.5 Å². The molecule has 0 bridgehead atoms. The third-order valence-corrected chi connectivity index (χ3v) is 4.25. The largest absolute Gasteiger partial charge is 0.313 e. The first-order valence-corrected chi connectivity index (χ1v) is 7.90. The quantitative estimate of drug-likeness (QED) is 0.712. The van der Waals surface area contributed by atoms with Gasteiger partial charge in [-0.3, -0.25) is 4.98 Å². The van der Waals surface area contributed by atoms with Gasteiger partial charge in [-0.15, -0.1) is 0 Å². The number of rotatable bonds is 8. The lowest BCUT2D eigenvalue weighted by molar-refractivity contribution is 0.576. The number of sulfonamides is 1. The van der Waals surface area contributed by atoms with Crippen LogP contribution in [0.5, 0.6) is 0 Å². The Hall–Kier alpha value is -0.980. The van der Waals surface area contributed by atoms with E-state index in [-0.39, 0.29) is 5.75 Å². The highest BCUT2D eigenvalue weighted by molar-refractivity contribution is 7.89. The number of aromatic nitrogens is 1. The second kappa shape index (κ2) is 6.26. The van der Waals surface area contributed by atoms with Gasteiger partial charge in [-0.2, -0.15) is 0 Å². The van der Waals surface area contributed by atoms with Gasteiger partial charge in [-0.25, -0.2) is 13.1 Å². The summed E-state index contributed by atoms with van der Waals surface area (Å²) < 4.78 is 25.9. The maximum absolute atomic E-state index is 11.7. The van der Waals surface area contributed by atoms with Crippen LogP contribution in [0.2, 0.25) is 0 Å². The Bertz CT molecular complexity index is 457. The molecule has 0 saturated heterocycles. The molecule has 0 amide bonds. The Kier molecular flexibility index (Phi) is 4.68. The van der Waals surface area contributed by atoms with E-state index in [1.807, 2.05) is 12.1 Å². The average molecular weight is 269 g/mol. The van der Waals surface area contributed by atoms with Crippen LogP contribution in [0.1, 0.15) is 18.4 Å². The molecule has 2 rings (SSSR count). The predicted molar refractivity (Wildman–Crippen MR) is 70.8 cm³/mol. The van der Waals surface area contributed by atoms with Gasteiger partial charge in [-0.1, -0.05) is 0 Å². The maximum Gasteiger partial charge on any atom is 0.212 e. The van der Waals surface area contributed by atoms with Crippen LogP contribution in [0.25, 0.3) is 0 Å². The third kappa shape index (κ3) is 5.12. The van der Waals surface area contributed by atoms with Crippen LogP contribution in [0.3, 0.4) is 0 Å². The van der Waals surface area contributed by atoms with Gasteiger partial charge in [0.25, 0.3) is 0 Å². The predicted octanol–water partition coefficient (Wildman–Crippen LogP) is 0.296. The molecule has 0 aliphatic heterocycles. The number of nitrogens with zero attached hydrogens (tertiary/aromatic N) is 1. The molecular weight excluding hydrogens is 250 g/mol. The van der Waals surface area contributed by atoms with E-state index in [4.69, 9.17) is 0 Å². The number of pyridine rings is 1. The summed E-state index contributed by atoms with van der Waals surface area (Å²) in [4.78, 5) is 3.92. The molecule has 0 radical (unpaired) electrons. The first-order valence-electron chi connectivity index (χ1n) is 6.25. The lowest BCUT2D eigenvalue weighted by Gasteiger charge is -2.07. The van der Waals surface area contributed by atoms with E-state index in [1.54, 1.807) is 12.4 Å². The molecule has 1 aromatic heterocycles. The topological polar surface area (TPSA) is 71.1 Å². The van der Waals surface area contributed by atoms with Crippen molar-refractivity contribution in [2.24, 2.45) is 0 Å². The Morgan fingerprint density at radius 2 is 1.94 bits per heavy atom. The molecule has 100 valence electrons. The van der Waals surface area contributed by atoms with Gasteiger partial charge < -0.3 is 5.32 Å². The van der Waals surface area contributed by atoms with Crippen LogP contribution in [-0.2, 0) is 16.4 Å². The van der Waals surface area contributed by atoms with Crippen molar-refractivity contribution < 1.29 is 8.42 Å². The summed E-state index contributed by atoms with van der Waals surface area (Å²) >= 11 is 0. The monoisotopic (exact) mass is 269 g/mol. The van der Waals surface area contributed by atoms with E-state index in [0.717, 1.165) is 5.56 Å². The van der Waals surface area contributed by atoms with Crippen molar-refractivity contribution >= 4 is 10.0 Å². The van der Waals surface area contributed by atoms with Crippen molar-refractivity contribution in [1.29, 1.82) is 0 Å². The molecule has 6 heteroatoms. The first kappa shape index (κ1) is 13.5. The second-order valence-electron chi connectivity index (χ2n) is 4.55. The minimum absolute atomic E-state index is 0.153. The third-order valence-electron chi connectivity index (χ3n) is 2.87. The fraction of sp³-hybridized carbons (Fsp3) is 0.583. The fourth-order valence-electron chi connectivity index (χ4n) is 1.66. The van der Waals surface area contributed by atoms with E-state index in [0.29, 0.717) is 25.6 Å². The average Bonchev–Trinajstić information content (AvgIpc) is 3.14. The molecule has 5 nitrogen and oxygen atoms in total. The van der Waals surface area contributed by atoms with Crippen LogP contribution in [0.15, 0.2) is 24.5 Å². The van der Waals surface area contributed by atoms with Crippen LogP contribution in [0, 0.1) is 0 Å². The van der Waals surface area contributed by atoms with Crippen LogP contribution >= 0.6 is 0 Å². The summed E-state index contributed by atoms with van der Waals surface area (Å²) in [7, 11) is -3.15. The normalized spacial score (nSPS) is 15.8. The molecule has 1 fully saturated rings. The summed E-state index contributed by atoms with van der Waals surface area (Å²) in [5, 5.41) is 3.19. The molecule has 2 N–H and O–H groups in total. The summed E-state index contributed by atoms with van der Waals surface area (Å²) in [6.07, 6.45) is 6.47. The smallest absolute Gasteiger partial charge is 0.212 e. The Labute approximate surface area is 108 Å². The molecule has 1 aliphatic carbocycles. The Balaban J connectivity index is 1.64. The molecule has 1 heterocycles. The van der Waals surface area contributed by atoms with Crippen molar-refractivity contribution in [3.63, 3.8) is 0 Å². The van der Waals surface area contributed by atoms with Gasteiger partial charge in [0.1, 0.15) is 0 Å². The molecule has 1 aliphatic rings. The zero-order valence-electron chi connectivity index (χ0n) is 10.3. The second-order valence-corrected chi connectivity index (χ2v) is 6.47. The minimum Gasteiger partial charge on any atom is -0.313 e. The highest BCUT2D eigenvalue weighted by atomic mass is 32.2. The van der Waals surface area contributed by atoms with Crippen LogP contribution in [-0.4, -0.2) is 38.3 Å². The van der Waals surface area contributed by atoms with Gasteiger partial charge in [0.2, 0.25) is 10.0 Å². The van der Waals surface area contributed by atoms with Crippen LogP contribution < -0.4 is 10.0 Å². The van der Waals surface area contributed by atoms with E-state index in [2.05, 4.69) is 15.0 Å². The highest BCUT2D eigenvalue weighted by Gasteiger charge is 2.20. The number of nitrogens with one attached hydrogen (secondary N) is 2. The van der Waals surface area contributed by atoms with Gasteiger partial charge in [0.05, 0.1) is 5.75 Å². The highest BCUT2D eigenvalue weighted by Crippen LogP contribution is 2.17. The first-order chi connectivity index (χ1) is 8.66. The zero-order valence-corrected chi connectivity index (χ0v) is 11.1. The summed E-state index contributed by atoms with van der Waals surface area (Å²) in [6.45, 7) is 0.977. The molecule has 0 spiro atoms. The SMILES string of the molecule is O=S(=O)(CCNC1CC1)NCCc1ccncc1. The Morgan fingerprint density at radius 3 is 2.61 bits per heavy atom. The standard InChI is InChI=1S/C12H19N3O2S/c16-18(17,10-9-14-12-1-2-12)15-8-5-11-3-6-13-7-4-11/h3-4,6-7,12,14-15H,1-2,5,8-10H2. The minimum atomic E-state index is -3.15. The van der Waals surface area contributed by atoms with E-state index in [1.165, 1.54) is 12.8 Å². The molecule has 0 unspecified atom stereocenters. The lowest BCUT2D eigenvalue weighted by Crippen LogP contribution is -2.33. The van der Waals surface area contributed by atoms with Gasteiger partial charge in [0.15, 0.2) is 0 Å². The van der Waals surface area contributed by atoms with Crippen molar-refractivity contribution in [3.05, 3.63) is 30.1 Å². The van der Waals surface area contributed by atoms with Gasteiger partial charge >= 0.3 is 0 Å². The van der Waals surface area contributed by atoms with E-state index < -0.39 is 10.0 Å². The molecule has 1 saturated carbocycles. The van der Waals surface area contributed by atoms with E-state index >= 15 is 0 Å². The van der Waals surface area contributed by atoms with Crippen molar-refractivity contribution in [2.75, 3.05) is 18.8 Å². The van der Waals surface area contributed by atoms with Crippen molar-refractivity contribution in [3.8, 4) is 0 Å². The fourth-order valence-corrected chi connectivity index (χ4v) is 2.60. The van der Waals surface area contributed by atoms with Crippen molar-refractivity contribution in [1.82, 2.24) is 15.0 Å². The summed E-state index contributed by atoms with van der Waals surface area (Å²) in [6, 6.07) is 4.34. The van der Waals surface area contributed by atoms with Crippen LogP contribution in [0.4, 0.5) is 0 Å². The summed E-state index contributed by atoms with van der Waals surface area (Å²) in [5.74, 6) is 0.153. The lowest BCUT2D eigenvalue weighted by atomic mass is 10.2. The van der Waals surface area contributed by atoms with Gasteiger partial charge in [-0.05, 0) is 37.0 Å². The Morgan fingerprint density at radius 1 is 1.22 bits per heavy atom. The molecular formula is C12H19N3O2S. The summed E-state index contributed by atoms with van der Waals surface area (Å²) in [5.41, 5.74) is 1.09. The molecule has 18 heavy (non-hydrogen) atoms. The van der Waals surface area contributed by atoms with Crippen molar-refractivity contribution in [2.45, 2.75) is 25.3 Å². The number of hydrogen-bond donors (Lipinski definition) is 2. The zero-order chi connectivity index (χ0) is 12.8. The van der Waals surface area contributed by atoms with E-state index in [9.17, 15) is 8.42 Å². The molecule has 1 aromatic rings. The number of hydrogen-bond acceptors (Lipinski definition) is 4. The molecule has 0 atom stereocenters. The molecule has 0 aromatic carbocycles.